The van der Waals surface area contributed by atoms with Crippen molar-refractivity contribution in [2.75, 3.05) is 0 Å². The smallest absolute Gasteiger partial charge is 0.160 e. The molecule has 0 aliphatic rings. The molecule has 8 aromatic carbocycles. The molecular weight excluding hydrogens is 647 g/mol. The predicted molar refractivity (Wildman–Crippen MR) is 220 cm³/mol. The van der Waals surface area contributed by atoms with Gasteiger partial charge >= 0.3 is 0 Å². The van der Waals surface area contributed by atoms with E-state index in [9.17, 15) is 0 Å². The first-order valence-electron chi connectivity index (χ1n) is 17.6. The van der Waals surface area contributed by atoms with E-state index >= 15 is 0 Å². The molecule has 0 aliphatic heterocycles. The van der Waals surface area contributed by atoms with Crippen molar-refractivity contribution in [2.24, 2.45) is 10.7 Å². The first-order valence-corrected chi connectivity index (χ1v) is 17.6. The third-order valence-corrected chi connectivity index (χ3v) is 9.73. The molecule has 0 radical (unpaired) electrons. The van der Waals surface area contributed by atoms with Gasteiger partial charge in [0.25, 0.3) is 0 Å². The first-order chi connectivity index (χ1) is 26.1. The van der Waals surface area contributed by atoms with E-state index in [1.165, 1.54) is 21.5 Å². The van der Waals surface area contributed by atoms with Gasteiger partial charge in [0.15, 0.2) is 11.7 Å². The van der Waals surface area contributed by atoms with Crippen LogP contribution in [0.4, 0.5) is 0 Å². The molecule has 3 N–H and O–H groups in total. The Labute approximate surface area is 307 Å². The number of aliphatic imine (C=N–C) groups is 1. The molecule has 1 heterocycles. The number of benzene rings is 8. The van der Waals surface area contributed by atoms with Gasteiger partial charge in [-0.25, -0.2) is 15.0 Å². The van der Waals surface area contributed by atoms with E-state index in [0.29, 0.717) is 11.4 Å². The van der Waals surface area contributed by atoms with Gasteiger partial charge in [0.2, 0.25) is 0 Å². The normalized spacial score (nSPS) is 11.7. The van der Waals surface area contributed by atoms with Crippen molar-refractivity contribution in [2.45, 2.75) is 0 Å². The standard InChI is InChI=1S/C48H33N5/c49-46(34-14-5-2-6-15-34)53-47(50)43-29-37-17-8-7-16-36(37)28-42(43)32-19-22-35(23-20-32)48-51-44(33-12-3-1-4-13-33)30-45(52-48)39-25-26-41-38(27-39)24-21-31-11-9-10-18-40(31)41/h1-30H,(H3,49,50,53). The van der Waals surface area contributed by atoms with Gasteiger partial charge in [0, 0.05) is 27.8 Å². The van der Waals surface area contributed by atoms with E-state index in [1.807, 2.05) is 60.7 Å². The Morgan fingerprint density at radius 2 is 1.02 bits per heavy atom. The number of nitrogens with one attached hydrogen (secondary N) is 1. The van der Waals surface area contributed by atoms with Crippen molar-refractivity contribution in [3.05, 3.63) is 193 Å². The average Bonchev–Trinajstić information content (AvgIpc) is 3.23. The zero-order valence-corrected chi connectivity index (χ0v) is 28.7. The van der Waals surface area contributed by atoms with Crippen LogP contribution in [0.3, 0.4) is 0 Å². The summed E-state index contributed by atoms with van der Waals surface area (Å²) in [6, 6.07) is 61.9. The number of nitrogens with two attached hydrogens (primary N) is 1. The lowest BCUT2D eigenvalue weighted by Gasteiger charge is -2.14. The highest BCUT2D eigenvalue weighted by atomic mass is 14.9. The van der Waals surface area contributed by atoms with Gasteiger partial charge in [-0.2, -0.15) is 0 Å². The Balaban J connectivity index is 1.13. The quantitative estimate of drug-likeness (QED) is 0.104. The maximum Gasteiger partial charge on any atom is 0.160 e. The van der Waals surface area contributed by atoms with Crippen LogP contribution in [0.1, 0.15) is 11.1 Å². The molecule has 0 saturated heterocycles. The molecule has 5 nitrogen and oxygen atoms in total. The highest BCUT2D eigenvalue weighted by Gasteiger charge is 2.15. The second-order valence-corrected chi connectivity index (χ2v) is 13.1. The highest BCUT2D eigenvalue weighted by Crippen LogP contribution is 2.34. The van der Waals surface area contributed by atoms with E-state index in [4.69, 9.17) is 21.1 Å². The third kappa shape index (κ3) is 6.21. The van der Waals surface area contributed by atoms with Crippen molar-refractivity contribution in [3.63, 3.8) is 0 Å². The van der Waals surface area contributed by atoms with Crippen LogP contribution in [0.2, 0.25) is 0 Å². The second kappa shape index (κ2) is 13.5. The summed E-state index contributed by atoms with van der Waals surface area (Å²) < 4.78 is 0. The number of hydrogen-bond acceptors (Lipinski definition) is 3. The molecule has 0 fully saturated rings. The Kier molecular flexibility index (Phi) is 8.06. The van der Waals surface area contributed by atoms with Gasteiger partial charge < -0.3 is 5.73 Å². The molecule has 9 aromatic rings. The summed E-state index contributed by atoms with van der Waals surface area (Å²) in [6.07, 6.45) is 0. The van der Waals surface area contributed by atoms with Crippen molar-refractivity contribution < 1.29 is 0 Å². The largest absolute Gasteiger partial charge is 0.383 e. The summed E-state index contributed by atoms with van der Waals surface area (Å²) >= 11 is 0. The Morgan fingerprint density at radius 3 is 1.77 bits per heavy atom. The Morgan fingerprint density at radius 1 is 0.453 bits per heavy atom. The van der Waals surface area contributed by atoms with Crippen LogP contribution >= 0.6 is 0 Å². The Bertz CT molecular complexity index is 2840. The van der Waals surface area contributed by atoms with Gasteiger partial charge in [-0.1, -0.05) is 158 Å². The maximum absolute atomic E-state index is 8.62. The molecule has 0 spiro atoms. The minimum Gasteiger partial charge on any atom is -0.383 e. The van der Waals surface area contributed by atoms with Crippen LogP contribution in [0.25, 0.3) is 77.3 Å². The summed E-state index contributed by atoms with van der Waals surface area (Å²) in [4.78, 5) is 14.8. The topological polar surface area (TPSA) is 88.0 Å². The van der Waals surface area contributed by atoms with Crippen LogP contribution in [0.15, 0.2) is 187 Å². The SMILES string of the molecule is N=C(N=C(N)c1cc2ccccc2cc1-c1ccc(-c2nc(-c3ccccc3)cc(-c3ccc4c(ccc5ccccc54)c3)n2)cc1)c1ccccc1. The number of aromatic nitrogens is 2. The fourth-order valence-corrected chi connectivity index (χ4v) is 6.98. The first kappa shape index (κ1) is 31.7. The van der Waals surface area contributed by atoms with E-state index in [2.05, 4.69) is 126 Å². The molecule has 0 saturated carbocycles. The molecule has 0 atom stereocenters. The average molecular weight is 680 g/mol. The molecule has 5 heteroatoms. The zero-order chi connectivity index (χ0) is 35.7. The van der Waals surface area contributed by atoms with Crippen molar-refractivity contribution in [1.29, 1.82) is 5.41 Å². The van der Waals surface area contributed by atoms with Gasteiger partial charge in [-0.05, 0) is 67.7 Å². The fraction of sp³-hybridized carbons (Fsp3) is 0. The maximum atomic E-state index is 8.62. The minimum atomic E-state index is 0.114. The summed E-state index contributed by atoms with van der Waals surface area (Å²) in [6.45, 7) is 0. The van der Waals surface area contributed by atoms with Crippen molar-refractivity contribution in [1.82, 2.24) is 9.97 Å². The third-order valence-electron chi connectivity index (χ3n) is 9.73. The molecular formula is C48H33N5. The molecule has 0 bridgehead atoms. The highest BCUT2D eigenvalue weighted by molar-refractivity contribution is 6.14. The molecule has 1 aromatic heterocycles. The van der Waals surface area contributed by atoms with Crippen molar-refractivity contribution in [3.8, 4) is 45.0 Å². The van der Waals surface area contributed by atoms with Crippen molar-refractivity contribution >= 4 is 44.0 Å². The number of nitrogens with zero attached hydrogens (tertiary/aromatic N) is 3. The summed E-state index contributed by atoms with van der Waals surface area (Å²) in [5.74, 6) is 1.04. The number of amidine groups is 2. The molecule has 53 heavy (non-hydrogen) atoms. The summed E-state index contributed by atoms with van der Waals surface area (Å²) in [5.41, 5.74) is 14.7. The minimum absolute atomic E-state index is 0.114. The van der Waals surface area contributed by atoms with E-state index in [1.54, 1.807) is 0 Å². The van der Waals surface area contributed by atoms with Gasteiger partial charge in [-0.15, -0.1) is 0 Å². The monoisotopic (exact) mass is 679 g/mol. The van der Waals surface area contributed by atoms with Gasteiger partial charge in [0.05, 0.1) is 11.4 Å². The molecule has 250 valence electrons. The zero-order valence-electron chi connectivity index (χ0n) is 28.7. The second-order valence-electron chi connectivity index (χ2n) is 13.1. The summed E-state index contributed by atoms with van der Waals surface area (Å²) in [7, 11) is 0. The predicted octanol–water partition coefficient (Wildman–Crippen LogP) is 11.3. The number of hydrogen-bond donors (Lipinski definition) is 2. The van der Waals surface area contributed by atoms with E-state index in [-0.39, 0.29) is 11.7 Å². The fourth-order valence-electron chi connectivity index (χ4n) is 6.98. The van der Waals surface area contributed by atoms with Gasteiger partial charge in [0.1, 0.15) is 5.84 Å². The van der Waals surface area contributed by atoms with Gasteiger partial charge in [-0.3, -0.25) is 5.41 Å². The Hall–Kier alpha value is -7.24. The molecule has 0 aliphatic carbocycles. The lowest BCUT2D eigenvalue weighted by molar-refractivity contribution is 1.18. The molecule has 0 amide bonds. The summed E-state index contributed by atoms with van der Waals surface area (Å²) in [5, 5.41) is 15.6. The number of rotatable bonds is 6. The van der Waals surface area contributed by atoms with Crippen LogP contribution in [0, 0.1) is 5.41 Å². The lowest BCUT2D eigenvalue weighted by atomic mass is 9.94. The van der Waals surface area contributed by atoms with E-state index in [0.717, 1.165) is 55.5 Å². The molecule has 0 unspecified atom stereocenters. The lowest BCUT2D eigenvalue weighted by Crippen LogP contribution is -2.17. The number of fused-ring (bicyclic) bond motifs is 4. The van der Waals surface area contributed by atoms with E-state index < -0.39 is 0 Å². The van der Waals surface area contributed by atoms with Crippen LogP contribution in [-0.4, -0.2) is 21.6 Å². The molecule has 9 rings (SSSR count). The van der Waals surface area contributed by atoms with Crippen LogP contribution < -0.4 is 5.73 Å². The van der Waals surface area contributed by atoms with Crippen LogP contribution in [-0.2, 0) is 0 Å². The van der Waals surface area contributed by atoms with Crippen LogP contribution in [0.5, 0.6) is 0 Å².